The van der Waals surface area contributed by atoms with Crippen LogP contribution in [0.15, 0.2) is 11.6 Å². The number of hydrogen-bond acceptors (Lipinski definition) is 3. The third-order valence-corrected chi connectivity index (χ3v) is 12.2. The van der Waals surface area contributed by atoms with E-state index in [-0.39, 0.29) is 11.9 Å². The molecule has 0 spiro atoms. The van der Waals surface area contributed by atoms with Crippen molar-refractivity contribution >= 4 is 14.3 Å². The van der Waals surface area contributed by atoms with Crippen molar-refractivity contribution in [1.82, 2.24) is 0 Å². The maximum atomic E-state index is 12.3. The average Bonchev–Trinajstić information content (AvgIpc) is 2.95. The number of carbonyl (C=O) groups excluding carboxylic acids is 1. The standard InChI is InChI=1S/C21H40O3Si/c1-9-19(13-23-21(22)20-12-10-11-18(20)8)14-24-25(15(2)3,16(4)5)17(6)7/h9,15-18,20H,10-14H2,1-8H3/b19-9-/t18-,20-/m1/s1. The molecule has 0 N–H and O–H groups in total. The van der Waals surface area contributed by atoms with Gasteiger partial charge in [0, 0.05) is 0 Å². The lowest BCUT2D eigenvalue weighted by atomic mass is 9.99. The molecule has 0 unspecified atom stereocenters. The van der Waals surface area contributed by atoms with Crippen LogP contribution < -0.4 is 0 Å². The van der Waals surface area contributed by atoms with E-state index in [2.05, 4.69) is 48.5 Å². The van der Waals surface area contributed by atoms with Crippen molar-refractivity contribution in [3.63, 3.8) is 0 Å². The van der Waals surface area contributed by atoms with E-state index in [0.29, 0.717) is 35.8 Å². The van der Waals surface area contributed by atoms with Gasteiger partial charge >= 0.3 is 5.97 Å². The zero-order valence-electron chi connectivity index (χ0n) is 17.7. The zero-order chi connectivity index (χ0) is 19.2. The molecule has 1 fully saturated rings. The fourth-order valence-electron chi connectivity index (χ4n) is 4.69. The van der Waals surface area contributed by atoms with E-state index in [1.807, 2.05) is 13.0 Å². The van der Waals surface area contributed by atoms with Crippen LogP contribution in [-0.4, -0.2) is 27.5 Å². The van der Waals surface area contributed by atoms with Crippen LogP contribution in [-0.2, 0) is 14.0 Å². The summed E-state index contributed by atoms with van der Waals surface area (Å²) in [6.45, 7) is 18.9. The van der Waals surface area contributed by atoms with Gasteiger partial charge in [-0.3, -0.25) is 4.79 Å². The minimum absolute atomic E-state index is 0.0237. The Morgan fingerprint density at radius 2 is 1.60 bits per heavy atom. The molecule has 0 bridgehead atoms. The lowest BCUT2D eigenvalue weighted by Gasteiger charge is -2.42. The summed E-state index contributed by atoms with van der Waals surface area (Å²) in [7, 11) is -1.88. The van der Waals surface area contributed by atoms with E-state index in [9.17, 15) is 4.79 Å². The Kier molecular flexibility index (Phi) is 8.89. The van der Waals surface area contributed by atoms with Crippen LogP contribution >= 0.6 is 0 Å². The lowest BCUT2D eigenvalue weighted by molar-refractivity contribution is -0.148. The summed E-state index contributed by atoms with van der Waals surface area (Å²) in [6, 6.07) is 0. The summed E-state index contributed by atoms with van der Waals surface area (Å²) in [5, 5.41) is 0. The second-order valence-electron chi connectivity index (χ2n) is 8.68. The summed E-state index contributed by atoms with van der Waals surface area (Å²) >= 11 is 0. The van der Waals surface area contributed by atoms with Crippen molar-refractivity contribution in [2.75, 3.05) is 13.2 Å². The Bertz CT molecular complexity index is 432. The quantitative estimate of drug-likeness (QED) is 0.280. The van der Waals surface area contributed by atoms with Gasteiger partial charge in [-0.15, -0.1) is 0 Å². The third kappa shape index (κ3) is 5.43. The highest BCUT2D eigenvalue weighted by molar-refractivity contribution is 6.77. The fraction of sp³-hybridized carbons (Fsp3) is 0.857. The van der Waals surface area contributed by atoms with Gasteiger partial charge in [-0.25, -0.2) is 0 Å². The summed E-state index contributed by atoms with van der Waals surface area (Å²) in [6.07, 6.45) is 5.31. The summed E-state index contributed by atoms with van der Waals surface area (Å²) < 4.78 is 12.2. The van der Waals surface area contributed by atoms with Crippen molar-refractivity contribution in [3.8, 4) is 0 Å². The number of rotatable bonds is 9. The van der Waals surface area contributed by atoms with Gasteiger partial charge in [0.05, 0.1) is 12.5 Å². The van der Waals surface area contributed by atoms with E-state index in [1.165, 1.54) is 0 Å². The van der Waals surface area contributed by atoms with Crippen LogP contribution in [0.4, 0.5) is 0 Å². The van der Waals surface area contributed by atoms with E-state index in [0.717, 1.165) is 24.8 Å². The van der Waals surface area contributed by atoms with Crippen LogP contribution in [0.3, 0.4) is 0 Å². The summed E-state index contributed by atoms with van der Waals surface area (Å²) in [5.74, 6) is 0.527. The smallest absolute Gasteiger partial charge is 0.309 e. The molecule has 146 valence electrons. The molecule has 4 heteroatoms. The monoisotopic (exact) mass is 368 g/mol. The molecule has 1 aliphatic rings. The molecule has 0 radical (unpaired) electrons. The zero-order valence-corrected chi connectivity index (χ0v) is 18.7. The first-order chi connectivity index (χ1) is 11.7. The van der Waals surface area contributed by atoms with Crippen molar-refractivity contribution in [2.24, 2.45) is 11.8 Å². The topological polar surface area (TPSA) is 35.5 Å². The number of carbonyl (C=O) groups is 1. The minimum atomic E-state index is -1.88. The Labute approximate surface area is 156 Å². The molecule has 25 heavy (non-hydrogen) atoms. The molecule has 2 atom stereocenters. The maximum absolute atomic E-state index is 12.3. The van der Waals surface area contributed by atoms with Crippen molar-refractivity contribution in [3.05, 3.63) is 11.6 Å². The van der Waals surface area contributed by atoms with Gasteiger partial charge < -0.3 is 9.16 Å². The molecular formula is C21H40O3Si. The van der Waals surface area contributed by atoms with Crippen molar-refractivity contribution in [2.45, 2.75) is 91.3 Å². The van der Waals surface area contributed by atoms with Gasteiger partial charge in [-0.2, -0.15) is 0 Å². The van der Waals surface area contributed by atoms with Crippen molar-refractivity contribution < 1.29 is 14.0 Å². The molecule has 0 saturated heterocycles. The normalized spacial score (nSPS) is 22.3. The molecule has 0 amide bonds. The first-order valence-electron chi connectivity index (χ1n) is 10.1. The molecule has 3 nitrogen and oxygen atoms in total. The molecule has 1 aliphatic carbocycles. The molecule has 0 aromatic heterocycles. The predicted octanol–water partition coefficient (Wildman–Crippen LogP) is 6.10. The second kappa shape index (κ2) is 9.91. The van der Waals surface area contributed by atoms with Crippen LogP contribution in [0.25, 0.3) is 0 Å². The number of ether oxygens (including phenoxy) is 1. The van der Waals surface area contributed by atoms with E-state index < -0.39 is 8.32 Å². The maximum Gasteiger partial charge on any atom is 0.309 e. The molecule has 0 aliphatic heterocycles. The SMILES string of the molecule is C/C=C(/COC(=O)[C@@H]1CCC[C@H]1C)CO[Si](C(C)C)(C(C)C)C(C)C. The van der Waals surface area contributed by atoms with Crippen LogP contribution in [0.1, 0.15) is 74.7 Å². The molecule has 0 aromatic rings. The van der Waals surface area contributed by atoms with Gasteiger partial charge in [-0.1, -0.05) is 61.0 Å². The van der Waals surface area contributed by atoms with E-state index in [1.54, 1.807) is 0 Å². The molecule has 0 heterocycles. The van der Waals surface area contributed by atoms with Gasteiger partial charge in [0.25, 0.3) is 0 Å². The minimum Gasteiger partial charge on any atom is -0.461 e. The number of allylic oxidation sites excluding steroid dienone is 1. The molecular weight excluding hydrogens is 328 g/mol. The second-order valence-corrected chi connectivity index (χ2v) is 14.1. The summed E-state index contributed by atoms with van der Waals surface area (Å²) in [5.41, 5.74) is 2.77. The van der Waals surface area contributed by atoms with Crippen molar-refractivity contribution in [1.29, 1.82) is 0 Å². The van der Waals surface area contributed by atoms with Crippen LogP contribution in [0, 0.1) is 11.8 Å². The predicted molar refractivity (Wildman–Crippen MR) is 108 cm³/mol. The Hall–Kier alpha value is -0.613. The van der Waals surface area contributed by atoms with Gasteiger partial charge in [0.2, 0.25) is 8.32 Å². The highest BCUT2D eigenvalue weighted by Gasteiger charge is 2.45. The fourth-order valence-corrected chi connectivity index (χ4v) is 10.1. The average molecular weight is 369 g/mol. The van der Waals surface area contributed by atoms with Gasteiger partial charge in [0.1, 0.15) is 6.61 Å². The van der Waals surface area contributed by atoms with Gasteiger partial charge in [0.15, 0.2) is 0 Å². The highest BCUT2D eigenvalue weighted by atomic mass is 28.4. The Morgan fingerprint density at radius 1 is 1.04 bits per heavy atom. The Morgan fingerprint density at radius 3 is 2.00 bits per heavy atom. The largest absolute Gasteiger partial charge is 0.461 e. The van der Waals surface area contributed by atoms with Gasteiger partial charge in [-0.05, 0) is 47.9 Å². The number of hydrogen-bond donors (Lipinski definition) is 0. The molecule has 0 aromatic carbocycles. The van der Waals surface area contributed by atoms with Crippen LogP contribution in [0.5, 0.6) is 0 Å². The first-order valence-corrected chi connectivity index (χ1v) is 12.2. The van der Waals surface area contributed by atoms with E-state index >= 15 is 0 Å². The number of esters is 1. The van der Waals surface area contributed by atoms with E-state index in [4.69, 9.17) is 9.16 Å². The first kappa shape index (κ1) is 22.4. The molecule has 1 rings (SSSR count). The molecule has 1 saturated carbocycles. The third-order valence-electron chi connectivity index (χ3n) is 6.19. The lowest BCUT2D eigenvalue weighted by Crippen LogP contribution is -2.48. The Balaban J connectivity index is 2.64. The highest BCUT2D eigenvalue weighted by Crippen LogP contribution is 2.42. The van der Waals surface area contributed by atoms with Crippen LogP contribution in [0.2, 0.25) is 16.6 Å². The summed E-state index contributed by atoms with van der Waals surface area (Å²) in [4.78, 5) is 12.3.